The van der Waals surface area contributed by atoms with Gasteiger partial charge in [0.2, 0.25) is 11.6 Å². The summed E-state index contributed by atoms with van der Waals surface area (Å²) < 4.78 is 69.6. The van der Waals surface area contributed by atoms with Crippen LogP contribution in [0.25, 0.3) is 11.1 Å². The predicted molar refractivity (Wildman–Crippen MR) is 150 cm³/mol. The second-order valence-electron chi connectivity index (χ2n) is 12.2. The number of ether oxygens (including phenoxy) is 2. The molecule has 0 spiro atoms. The first-order valence-corrected chi connectivity index (χ1v) is 15.2. The Morgan fingerprint density at radius 2 is 1.18 bits per heavy atom. The summed E-state index contributed by atoms with van der Waals surface area (Å²) in [6.07, 6.45) is 17.2. The second kappa shape index (κ2) is 13.0. The largest absolute Gasteiger partial charge is 0.491 e. The molecule has 0 N–H and O–H groups in total. The number of hydrogen-bond donors (Lipinski definition) is 0. The number of fused-ring (bicyclic) bond motifs is 1. The molecule has 0 heterocycles. The van der Waals surface area contributed by atoms with E-state index >= 15 is 0 Å². The highest BCUT2D eigenvalue weighted by Crippen LogP contribution is 2.49. The highest BCUT2D eigenvalue weighted by molar-refractivity contribution is 5.67. The Labute approximate surface area is 236 Å². The second-order valence-corrected chi connectivity index (χ2v) is 12.2. The minimum absolute atomic E-state index is 0.159. The molecular formula is C34H42F4O2. The SMILES string of the molecule is CC=CC1CCC(C2CCC3CC(COc4ccc(-c5ccc(OCC)c(F)c5F)c(F)c4F)CCC3C2)CC1. The lowest BCUT2D eigenvalue weighted by atomic mass is 9.61. The van der Waals surface area contributed by atoms with E-state index in [-0.39, 0.29) is 29.2 Å². The monoisotopic (exact) mass is 558 g/mol. The number of hydrogen-bond acceptors (Lipinski definition) is 2. The maximum atomic E-state index is 15.0. The lowest BCUT2D eigenvalue weighted by molar-refractivity contribution is 0.0499. The van der Waals surface area contributed by atoms with Crippen LogP contribution in [0.4, 0.5) is 17.6 Å². The van der Waals surface area contributed by atoms with Gasteiger partial charge in [-0.2, -0.15) is 8.78 Å². The van der Waals surface area contributed by atoms with Crippen LogP contribution in [0.5, 0.6) is 11.5 Å². The molecule has 0 bridgehead atoms. The first-order valence-electron chi connectivity index (χ1n) is 15.2. The average Bonchev–Trinajstić information content (AvgIpc) is 2.97. The highest BCUT2D eigenvalue weighted by Gasteiger charge is 2.39. The third-order valence-electron chi connectivity index (χ3n) is 9.87. The van der Waals surface area contributed by atoms with Crippen LogP contribution in [0.3, 0.4) is 0 Å². The molecule has 0 aromatic heterocycles. The molecule has 218 valence electrons. The lowest BCUT2D eigenvalue weighted by Gasteiger charge is -2.45. The van der Waals surface area contributed by atoms with Gasteiger partial charge < -0.3 is 9.47 Å². The zero-order chi connectivity index (χ0) is 28.2. The Balaban J connectivity index is 1.15. The fourth-order valence-electron chi connectivity index (χ4n) is 7.75. The molecule has 6 heteroatoms. The van der Waals surface area contributed by atoms with Gasteiger partial charge in [0.25, 0.3) is 0 Å². The van der Waals surface area contributed by atoms with Crippen molar-refractivity contribution in [2.45, 2.75) is 78.1 Å². The minimum Gasteiger partial charge on any atom is -0.491 e. The van der Waals surface area contributed by atoms with Crippen LogP contribution in [-0.4, -0.2) is 13.2 Å². The summed E-state index contributed by atoms with van der Waals surface area (Å²) in [5, 5.41) is 0. The maximum absolute atomic E-state index is 15.0. The van der Waals surface area contributed by atoms with Gasteiger partial charge in [-0.25, -0.2) is 8.78 Å². The predicted octanol–water partition coefficient (Wildman–Crippen LogP) is 9.90. The molecule has 0 aliphatic heterocycles. The van der Waals surface area contributed by atoms with E-state index in [4.69, 9.17) is 9.47 Å². The van der Waals surface area contributed by atoms with Crippen LogP contribution < -0.4 is 9.47 Å². The Morgan fingerprint density at radius 1 is 0.650 bits per heavy atom. The molecule has 4 atom stereocenters. The summed E-state index contributed by atoms with van der Waals surface area (Å²) >= 11 is 0. The van der Waals surface area contributed by atoms with E-state index in [1.165, 1.54) is 75.6 Å². The molecule has 5 rings (SSSR count). The molecule has 4 unspecified atom stereocenters. The zero-order valence-corrected chi connectivity index (χ0v) is 23.7. The normalized spacial score (nSPS) is 28.9. The summed E-state index contributed by atoms with van der Waals surface area (Å²) in [5.41, 5.74) is -0.708. The summed E-state index contributed by atoms with van der Waals surface area (Å²) in [6.45, 7) is 4.26. The van der Waals surface area contributed by atoms with E-state index in [0.717, 1.165) is 36.5 Å². The van der Waals surface area contributed by atoms with Crippen molar-refractivity contribution in [2.75, 3.05) is 13.2 Å². The van der Waals surface area contributed by atoms with Crippen LogP contribution in [-0.2, 0) is 0 Å². The molecular weight excluding hydrogens is 516 g/mol. The van der Waals surface area contributed by atoms with Crippen molar-refractivity contribution in [3.8, 4) is 22.6 Å². The quantitative estimate of drug-likeness (QED) is 0.237. The van der Waals surface area contributed by atoms with Gasteiger partial charge in [-0.3, -0.25) is 0 Å². The van der Waals surface area contributed by atoms with Crippen LogP contribution >= 0.6 is 0 Å². The first-order chi connectivity index (χ1) is 19.4. The van der Waals surface area contributed by atoms with Crippen LogP contribution in [0.1, 0.15) is 78.1 Å². The molecule has 0 saturated heterocycles. The van der Waals surface area contributed by atoms with Crippen molar-refractivity contribution in [1.29, 1.82) is 0 Å². The molecule has 3 saturated carbocycles. The number of benzene rings is 2. The van der Waals surface area contributed by atoms with E-state index in [9.17, 15) is 17.6 Å². The van der Waals surface area contributed by atoms with Gasteiger partial charge in [0.05, 0.1) is 13.2 Å². The fraction of sp³-hybridized carbons (Fsp3) is 0.588. The van der Waals surface area contributed by atoms with Gasteiger partial charge in [-0.1, -0.05) is 12.2 Å². The highest BCUT2D eigenvalue weighted by atomic mass is 19.2. The van der Waals surface area contributed by atoms with Gasteiger partial charge >= 0.3 is 0 Å². The third kappa shape index (κ3) is 6.21. The van der Waals surface area contributed by atoms with Gasteiger partial charge in [0.15, 0.2) is 23.1 Å². The zero-order valence-electron chi connectivity index (χ0n) is 23.7. The van der Waals surface area contributed by atoms with Crippen LogP contribution in [0.2, 0.25) is 0 Å². The average molecular weight is 559 g/mol. The summed E-state index contributed by atoms with van der Waals surface area (Å²) in [6, 6.07) is 4.97. The Bertz CT molecular complexity index is 1190. The molecule has 40 heavy (non-hydrogen) atoms. The van der Waals surface area contributed by atoms with E-state index in [1.807, 2.05) is 0 Å². The van der Waals surface area contributed by atoms with Gasteiger partial charge in [0, 0.05) is 11.1 Å². The fourth-order valence-corrected chi connectivity index (χ4v) is 7.75. The lowest BCUT2D eigenvalue weighted by Crippen LogP contribution is -2.35. The smallest absolute Gasteiger partial charge is 0.201 e. The standard InChI is InChI=1S/C34H42F4O2/c1-3-5-21-6-9-23(10-7-21)25-13-12-24-18-22(8-11-26(24)19-25)20-40-30-17-15-28(32(36)34(30)38)27-14-16-29(39-4-2)33(37)31(27)35/h3,5,14-17,21-26H,4,6-13,18-20H2,1-2H3. The Hall–Kier alpha value is -2.50. The maximum Gasteiger partial charge on any atom is 0.201 e. The summed E-state index contributed by atoms with van der Waals surface area (Å²) in [5.74, 6) is -1.06. The topological polar surface area (TPSA) is 18.5 Å². The van der Waals surface area contributed by atoms with Crippen LogP contribution in [0, 0.1) is 58.8 Å². The minimum atomic E-state index is -1.27. The molecule has 0 radical (unpaired) electrons. The number of rotatable bonds is 8. The van der Waals surface area contributed by atoms with Crippen molar-refractivity contribution in [3.05, 3.63) is 59.7 Å². The Morgan fingerprint density at radius 3 is 1.77 bits per heavy atom. The molecule has 2 aromatic carbocycles. The van der Waals surface area contributed by atoms with E-state index in [0.29, 0.717) is 18.4 Å². The molecule has 2 nitrogen and oxygen atoms in total. The molecule has 2 aromatic rings. The molecule has 3 fully saturated rings. The van der Waals surface area contributed by atoms with Crippen molar-refractivity contribution in [1.82, 2.24) is 0 Å². The van der Waals surface area contributed by atoms with Crippen LogP contribution in [0.15, 0.2) is 36.4 Å². The Kier molecular flexibility index (Phi) is 9.42. The molecule has 0 amide bonds. The van der Waals surface area contributed by atoms with E-state index in [2.05, 4.69) is 19.1 Å². The van der Waals surface area contributed by atoms with E-state index in [1.54, 1.807) is 6.92 Å². The van der Waals surface area contributed by atoms with Crippen molar-refractivity contribution in [2.24, 2.45) is 35.5 Å². The van der Waals surface area contributed by atoms with Gasteiger partial charge in [-0.15, -0.1) is 0 Å². The number of allylic oxidation sites excluding steroid dienone is 2. The van der Waals surface area contributed by atoms with Crippen molar-refractivity contribution in [3.63, 3.8) is 0 Å². The third-order valence-corrected chi connectivity index (χ3v) is 9.87. The number of halogens is 4. The summed E-state index contributed by atoms with van der Waals surface area (Å²) in [4.78, 5) is 0. The van der Waals surface area contributed by atoms with Crippen molar-refractivity contribution >= 4 is 0 Å². The first kappa shape index (κ1) is 29.0. The van der Waals surface area contributed by atoms with Gasteiger partial charge in [0.1, 0.15) is 0 Å². The summed E-state index contributed by atoms with van der Waals surface area (Å²) in [7, 11) is 0. The van der Waals surface area contributed by atoms with E-state index < -0.39 is 23.3 Å². The molecule has 3 aliphatic rings. The molecule has 3 aliphatic carbocycles. The van der Waals surface area contributed by atoms with Crippen molar-refractivity contribution < 1.29 is 27.0 Å². The van der Waals surface area contributed by atoms with Gasteiger partial charge in [-0.05, 0) is 138 Å².